The summed E-state index contributed by atoms with van der Waals surface area (Å²) in [5.41, 5.74) is 2.37. The van der Waals surface area contributed by atoms with Crippen molar-refractivity contribution in [1.82, 2.24) is 0 Å². The summed E-state index contributed by atoms with van der Waals surface area (Å²) in [6, 6.07) is 8.20. The molecule has 0 bridgehead atoms. The van der Waals surface area contributed by atoms with Gasteiger partial charge in [0.05, 0.1) is 6.61 Å². The summed E-state index contributed by atoms with van der Waals surface area (Å²) in [6.07, 6.45) is 3.03. The fourth-order valence-electron chi connectivity index (χ4n) is 1.83. The Kier molecular flexibility index (Phi) is 3.07. The highest BCUT2D eigenvalue weighted by molar-refractivity contribution is 5.24. The molecule has 1 aromatic carbocycles. The molecule has 1 atom stereocenters. The molecular weight excluding hydrogens is 188 g/mol. The van der Waals surface area contributed by atoms with E-state index in [0.717, 1.165) is 17.7 Å². The van der Waals surface area contributed by atoms with Gasteiger partial charge in [-0.3, -0.25) is 0 Å². The maximum absolute atomic E-state index is 9.90. The standard InChI is InChI=1S/C13H16O2/c1-10-4-2-5-11(8-10)9-12(14)13-6-3-7-15-13/h2,4-6,8,12,14H,3,7,9H2,1H3. The monoisotopic (exact) mass is 204 g/mol. The van der Waals surface area contributed by atoms with Crippen LogP contribution in [-0.4, -0.2) is 17.8 Å². The molecule has 15 heavy (non-hydrogen) atoms. The van der Waals surface area contributed by atoms with Gasteiger partial charge in [-0.2, -0.15) is 0 Å². The van der Waals surface area contributed by atoms with Gasteiger partial charge in [-0.05, 0) is 18.6 Å². The average molecular weight is 204 g/mol. The lowest BCUT2D eigenvalue weighted by Crippen LogP contribution is -2.14. The summed E-state index contributed by atoms with van der Waals surface area (Å²) in [6.45, 7) is 2.77. The van der Waals surface area contributed by atoms with Crippen LogP contribution in [0.25, 0.3) is 0 Å². The fraction of sp³-hybridized carbons (Fsp3) is 0.385. The molecule has 2 rings (SSSR count). The van der Waals surface area contributed by atoms with E-state index in [2.05, 4.69) is 19.1 Å². The van der Waals surface area contributed by atoms with Crippen LogP contribution < -0.4 is 0 Å². The van der Waals surface area contributed by atoms with Crippen molar-refractivity contribution in [3.8, 4) is 0 Å². The van der Waals surface area contributed by atoms with E-state index in [1.54, 1.807) is 0 Å². The van der Waals surface area contributed by atoms with Gasteiger partial charge in [0.25, 0.3) is 0 Å². The Hall–Kier alpha value is -1.28. The van der Waals surface area contributed by atoms with E-state index in [-0.39, 0.29) is 0 Å². The number of hydrogen-bond donors (Lipinski definition) is 1. The molecule has 80 valence electrons. The highest BCUT2D eigenvalue weighted by atomic mass is 16.5. The minimum absolute atomic E-state index is 0.491. The van der Waals surface area contributed by atoms with E-state index in [4.69, 9.17) is 4.74 Å². The molecule has 1 aromatic rings. The number of benzene rings is 1. The van der Waals surface area contributed by atoms with Crippen LogP contribution in [0.4, 0.5) is 0 Å². The molecule has 0 radical (unpaired) electrons. The van der Waals surface area contributed by atoms with Gasteiger partial charge in [0, 0.05) is 12.8 Å². The predicted octanol–water partition coefficient (Wildman–Crippen LogP) is 2.20. The molecule has 0 fully saturated rings. The second-order valence-corrected chi connectivity index (χ2v) is 3.95. The molecule has 1 aliphatic heterocycles. The normalized spacial score (nSPS) is 17.1. The van der Waals surface area contributed by atoms with Crippen molar-refractivity contribution in [3.05, 3.63) is 47.2 Å². The highest BCUT2D eigenvalue weighted by Crippen LogP contribution is 2.17. The molecule has 1 unspecified atom stereocenters. The lowest BCUT2D eigenvalue weighted by molar-refractivity contribution is 0.118. The Morgan fingerprint density at radius 3 is 3.00 bits per heavy atom. The molecule has 0 aromatic heterocycles. The Morgan fingerprint density at radius 1 is 1.47 bits per heavy atom. The summed E-state index contributed by atoms with van der Waals surface area (Å²) in [5.74, 6) is 0.733. The van der Waals surface area contributed by atoms with Crippen molar-refractivity contribution in [2.75, 3.05) is 6.61 Å². The quantitative estimate of drug-likeness (QED) is 0.818. The lowest BCUT2D eigenvalue weighted by atomic mass is 10.0. The zero-order valence-electron chi connectivity index (χ0n) is 8.94. The van der Waals surface area contributed by atoms with E-state index < -0.39 is 6.10 Å². The minimum Gasteiger partial charge on any atom is -0.495 e. The van der Waals surface area contributed by atoms with Crippen molar-refractivity contribution in [1.29, 1.82) is 0 Å². The summed E-state index contributed by atoms with van der Waals surface area (Å²) >= 11 is 0. The first kappa shape index (κ1) is 10.2. The molecule has 0 aliphatic carbocycles. The average Bonchev–Trinajstić information content (AvgIpc) is 2.70. The zero-order chi connectivity index (χ0) is 10.7. The van der Waals surface area contributed by atoms with Gasteiger partial charge in [0.1, 0.15) is 11.9 Å². The summed E-state index contributed by atoms with van der Waals surface area (Å²) in [7, 11) is 0. The molecule has 1 N–H and O–H groups in total. The smallest absolute Gasteiger partial charge is 0.121 e. The molecule has 1 aliphatic rings. The first-order valence-corrected chi connectivity index (χ1v) is 5.32. The number of rotatable bonds is 3. The number of hydrogen-bond acceptors (Lipinski definition) is 2. The molecule has 0 amide bonds. The van der Waals surface area contributed by atoms with Gasteiger partial charge < -0.3 is 9.84 Å². The van der Waals surface area contributed by atoms with E-state index >= 15 is 0 Å². The second-order valence-electron chi connectivity index (χ2n) is 3.95. The summed E-state index contributed by atoms with van der Waals surface area (Å²) < 4.78 is 5.33. The number of aliphatic hydroxyl groups excluding tert-OH is 1. The summed E-state index contributed by atoms with van der Waals surface area (Å²) in [4.78, 5) is 0. The van der Waals surface area contributed by atoms with E-state index in [9.17, 15) is 5.11 Å². The number of aryl methyl sites for hydroxylation is 1. The summed E-state index contributed by atoms with van der Waals surface area (Å²) in [5, 5.41) is 9.90. The van der Waals surface area contributed by atoms with Crippen LogP contribution in [0.15, 0.2) is 36.1 Å². The van der Waals surface area contributed by atoms with E-state index in [1.165, 1.54) is 5.56 Å². The van der Waals surface area contributed by atoms with Crippen molar-refractivity contribution in [2.45, 2.75) is 25.9 Å². The molecule has 2 heteroatoms. The largest absolute Gasteiger partial charge is 0.495 e. The van der Waals surface area contributed by atoms with E-state index in [1.807, 2.05) is 18.2 Å². The first-order chi connectivity index (χ1) is 7.25. The lowest BCUT2D eigenvalue weighted by Gasteiger charge is -2.12. The van der Waals surface area contributed by atoms with Gasteiger partial charge >= 0.3 is 0 Å². The number of ether oxygens (including phenoxy) is 1. The minimum atomic E-state index is -0.491. The Morgan fingerprint density at radius 2 is 2.33 bits per heavy atom. The SMILES string of the molecule is Cc1cccc(CC(O)C2=CCCO2)c1. The van der Waals surface area contributed by atoms with Crippen LogP contribution in [-0.2, 0) is 11.2 Å². The van der Waals surface area contributed by atoms with Gasteiger partial charge in [0.2, 0.25) is 0 Å². The van der Waals surface area contributed by atoms with Crippen LogP contribution in [0.3, 0.4) is 0 Å². The maximum Gasteiger partial charge on any atom is 0.121 e. The van der Waals surface area contributed by atoms with Crippen molar-refractivity contribution in [3.63, 3.8) is 0 Å². The van der Waals surface area contributed by atoms with E-state index in [0.29, 0.717) is 13.0 Å². The zero-order valence-corrected chi connectivity index (χ0v) is 8.94. The molecule has 2 nitrogen and oxygen atoms in total. The second kappa shape index (κ2) is 4.49. The topological polar surface area (TPSA) is 29.5 Å². The van der Waals surface area contributed by atoms with Crippen LogP contribution in [0.2, 0.25) is 0 Å². The van der Waals surface area contributed by atoms with Crippen LogP contribution >= 0.6 is 0 Å². The third-order valence-electron chi connectivity index (χ3n) is 2.57. The van der Waals surface area contributed by atoms with Crippen molar-refractivity contribution < 1.29 is 9.84 Å². The van der Waals surface area contributed by atoms with Gasteiger partial charge in [-0.1, -0.05) is 29.8 Å². The Balaban J connectivity index is 2.02. The fourth-order valence-corrected chi connectivity index (χ4v) is 1.83. The first-order valence-electron chi connectivity index (χ1n) is 5.32. The Bertz CT molecular complexity index is 369. The van der Waals surface area contributed by atoms with Crippen LogP contribution in [0.5, 0.6) is 0 Å². The highest BCUT2D eigenvalue weighted by Gasteiger charge is 2.16. The molecule has 0 saturated carbocycles. The third-order valence-corrected chi connectivity index (χ3v) is 2.57. The van der Waals surface area contributed by atoms with Crippen LogP contribution in [0, 0.1) is 6.92 Å². The van der Waals surface area contributed by atoms with Gasteiger partial charge in [-0.15, -0.1) is 0 Å². The molecule has 1 heterocycles. The Labute approximate surface area is 90.2 Å². The van der Waals surface area contributed by atoms with Crippen LogP contribution in [0.1, 0.15) is 17.5 Å². The van der Waals surface area contributed by atoms with Gasteiger partial charge in [0.15, 0.2) is 0 Å². The maximum atomic E-state index is 9.90. The molecule has 0 spiro atoms. The van der Waals surface area contributed by atoms with Gasteiger partial charge in [-0.25, -0.2) is 0 Å². The third kappa shape index (κ3) is 2.60. The molecular formula is C13H16O2. The van der Waals surface area contributed by atoms with Crippen molar-refractivity contribution >= 4 is 0 Å². The predicted molar refractivity (Wildman–Crippen MR) is 59.5 cm³/mol. The number of aliphatic hydroxyl groups is 1. The van der Waals surface area contributed by atoms with Crippen molar-refractivity contribution in [2.24, 2.45) is 0 Å². The molecule has 0 saturated heterocycles.